The largest absolute Gasteiger partial charge is 0.468 e. The highest BCUT2D eigenvalue weighted by Gasteiger charge is 2.31. The molecule has 0 amide bonds. The van der Waals surface area contributed by atoms with Crippen LogP contribution in [0.3, 0.4) is 0 Å². The lowest BCUT2D eigenvalue weighted by Crippen LogP contribution is -2.45. The maximum atomic E-state index is 12.4. The topological polar surface area (TPSA) is 66.9 Å². The van der Waals surface area contributed by atoms with Crippen molar-refractivity contribution >= 4 is 16.2 Å². The smallest absolute Gasteiger partial charge is 0.321 e. The van der Waals surface area contributed by atoms with E-state index in [4.69, 9.17) is 0 Å². The van der Waals surface area contributed by atoms with Gasteiger partial charge in [0.05, 0.1) is 7.11 Å². The van der Waals surface area contributed by atoms with Gasteiger partial charge in [-0.25, -0.2) is 0 Å². The zero-order valence-corrected chi connectivity index (χ0v) is 12.4. The van der Waals surface area contributed by atoms with Crippen LogP contribution < -0.4 is 0 Å². The Morgan fingerprint density at radius 3 is 2.65 bits per heavy atom. The Kier molecular flexibility index (Phi) is 4.42. The van der Waals surface area contributed by atoms with Crippen molar-refractivity contribution in [2.24, 2.45) is 0 Å². The molecule has 0 aromatic heterocycles. The van der Waals surface area contributed by atoms with Gasteiger partial charge in [0.15, 0.2) is 0 Å². The standard InChI is InChI=1S/C13H18N2O4S/c1-14(10-13(16)19-2)20(17,18)15-8-7-11-5-3-4-6-12(11)9-15/h3-6H,7-10H2,1-2H3. The molecular formula is C13H18N2O4S. The highest BCUT2D eigenvalue weighted by Crippen LogP contribution is 2.21. The molecule has 0 unspecified atom stereocenters. The maximum absolute atomic E-state index is 12.4. The highest BCUT2D eigenvalue weighted by atomic mass is 32.2. The van der Waals surface area contributed by atoms with E-state index < -0.39 is 16.2 Å². The van der Waals surface area contributed by atoms with E-state index in [0.717, 1.165) is 9.87 Å². The van der Waals surface area contributed by atoms with Crippen LogP contribution in [0.4, 0.5) is 0 Å². The molecule has 0 radical (unpaired) electrons. The lowest BCUT2D eigenvalue weighted by molar-refractivity contribution is -0.140. The lowest BCUT2D eigenvalue weighted by Gasteiger charge is -2.31. The Labute approximate surface area is 119 Å². The molecule has 1 aliphatic rings. The Morgan fingerprint density at radius 2 is 2.00 bits per heavy atom. The van der Waals surface area contributed by atoms with Crippen LogP contribution in [-0.2, 0) is 32.7 Å². The molecule has 7 heteroatoms. The van der Waals surface area contributed by atoms with Crippen LogP contribution in [0.1, 0.15) is 11.1 Å². The molecule has 0 aliphatic carbocycles. The minimum absolute atomic E-state index is 0.281. The second-order valence-corrected chi connectivity index (χ2v) is 6.73. The molecule has 0 saturated heterocycles. The zero-order chi connectivity index (χ0) is 14.8. The molecule has 1 aromatic rings. The van der Waals surface area contributed by atoms with Crippen LogP contribution in [0.25, 0.3) is 0 Å². The van der Waals surface area contributed by atoms with Crippen LogP contribution in [0.15, 0.2) is 24.3 Å². The molecular weight excluding hydrogens is 280 g/mol. The summed E-state index contributed by atoms with van der Waals surface area (Å²) >= 11 is 0. The summed E-state index contributed by atoms with van der Waals surface area (Å²) in [6.45, 7) is 0.478. The van der Waals surface area contributed by atoms with E-state index in [1.54, 1.807) is 0 Å². The molecule has 110 valence electrons. The first-order valence-electron chi connectivity index (χ1n) is 6.30. The first-order valence-corrected chi connectivity index (χ1v) is 7.70. The number of benzene rings is 1. The maximum Gasteiger partial charge on any atom is 0.321 e. The lowest BCUT2D eigenvalue weighted by atomic mass is 10.0. The normalized spacial score (nSPS) is 15.9. The minimum atomic E-state index is -3.64. The predicted molar refractivity (Wildman–Crippen MR) is 74.1 cm³/mol. The van der Waals surface area contributed by atoms with Crippen molar-refractivity contribution < 1.29 is 17.9 Å². The van der Waals surface area contributed by atoms with E-state index in [9.17, 15) is 13.2 Å². The van der Waals surface area contributed by atoms with Gasteiger partial charge >= 0.3 is 5.97 Å². The molecule has 0 spiro atoms. The van der Waals surface area contributed by atoms with Crippen LogP contribution in [0, 0.1) is 0 Å². The van der Waals surface area contributed by atoms with Crippen LogP contribution in [-0.4, -0.2) is 50.2 Å². The number of nitrogens with zero attached hydrogens (tertiary/aromatic N) is 2. The fourth-order valence-corrected chi connectivity index (χ4v) is 3.48. The Bertz CT molecular complexity index is 600. The molecule has 0 fully saturated rings. The molecule has 1 aromatic carbocycles. The number of fused-ring (bicyclic) bond motifs is 1. The van der Waals surface area contributed by atoms with Gasteiger partial charge in [-0.2, -0.15) is 17.0 Å². The Balaban J connectivity index is 2.14. The fraction of sp³-hybridized carbons (Fsp3) is 0.462. The Hall–Kier alpha value is -1.44. The first kappa shape index (κ1) is 15.0. The molecule has 2 rings (SSSR count). The molecule has 1 heterocycles. The van der Waals surface area contributed by atoms with E-state index in [1.165, 1.54) is 24.0 Å². The second kappa shape index (κ2) is 5.90. The summed E-state index contributed by atoms with van der Waals surface area (Å²) in [6.07, 6.45) is 0.682. The zero-order valence-electron chi connectivity index (χ0n) is 11.6. The van der Waals surface area contributed by atoms with Crippen LogP contribution in [0.2, 0.25) is 0 Å². The highest BCUT2D eigenvalue weighted by molar-refractivity contribution is 7.86. The van der Waals surface area contributed by atoms with E-state index in [-0.39, 0.29) is 6.54 Å². The summed E-state index contributed by atoms with van der Waals surface area (Å²) in [4.78, 5) is 11.2. The van der Waals surface area contributed by atoms with Gasteiger partial charge in [-0.3, -0.25) is 4.79 Å². The van der Waals surface area contributed by atoms with Crippen molar-refractivity contribution in [3.05, 3.63) is 35.4 Å². The number of hydrogen-bond acceptors (Lipinski definition) is 4. The number of hydrogen-bond donors (Lipinski definition) is 0. The third-order valence-corrected chi connectivity index (χ3v) is 5.28. The van der Waals surface area contributed by atoms with Crippen molar-refractivity contribution in [1.29, 1.82) is 0 Å². The number of esters is 1. The second-order valence-electron chi connectivity index (χ2n) is 4.69. The molecule has 20 heavy (non-hydrogen) atoms. The molecule has 0 saturated carbocycles. The van der Waals surface area contributed by atoms with Gasteiger partial charge in [0.2, 0.25) is 0 Å². The summed E-state index contributed by atoms with van der Waals surface area (Å²) in [5.41, 5.74) is 2.18. The quantitative estimate of drug-likeness (QED) is 0.754. The number of likely N-dealkylation sites (N-methyl/N-ethyl adjacent to an activating group) is 1. The van der Waals surface area contributed by atoms with Gasteiger partial charge in [-0.15, -0.1) is 0 Å². The van der Waals surface area contributed by atoms with Gasteiger partial charge in [0, 0.05) is 20.1 Å². The number of carbonyl (C=O) groups excluding carboxylic acids is 1. The SMILES string of the molecule is COC(=O)CN(C)S(=O)(=O)N1CCc2ccccc2C1. The van der Waals surface area contributed by atoms with E-state index in [2.05, 4.69) is 4.74 Å². The molecule has 6 nitrogen and oxygen atoms in total. The Morgan fingerprint density at radius 1 is 1.35 bits per heavy atom. The van der Waals surface area contributed by atoms with E-state index in [0.29, 0.717) is 19.5 Å². The van der Waals surface area contributed by atoms with E-state index in [1.807, 2.05) is 24.3 Å². The number of carbonyl (C=O) groups is 1. The number of ether oxygens (including phenoxy) is 1. The van der Waals surface area contributed by atoms with Gasteiger partial charge in [0.25, 0.3) is 10.2 Å². The summed E-state index contributed by atoms with van der Waals surface area (Å²) < 4.78 is 31.7. The average Bonchev–Trinajstić information content (AvgIpc) is 2.46. The van der Waals surface area contributed by atoms with Gasteiger partial charge < -0.3 is 4.74 Å². The summed E-state index contributed by atoms with van der Waals surface area (Å²) in [5, 5.41) is 0. The third-order valence-electron chi connectivity index (χ3n) is 3.40. The van der Waals surface area contributed by atoms with Crippen molar-refractivity contribution in [3.63, 3.8) is 0 Å². The molecule has 0 N–H and O–H groups in total. The van der Waals surface area contributed by atoms with Gasteiger partial charge in [-0.05, 0) is 17.5 Å². The first-order chi connectivity index (χ1) is 9.45. The summed E-state index contributed by atoms with van der Waals surface area (Å²) in [7, 11) is -1.03. The molecule has 0 bridgehead atoms. The van der Waals surface area contributed by atoms with Gasteiger partial charge in [0.1, 0.15) is 6.54 Å². The average molecular weight is 298 g/mol. The monoisotopic (exact) mass is 298 g/mol. The third kappa shape index (κ3) is 3.00. The summed E-state index contributed by atoms with van der Waals surface area (Å²) in [6, 6.07) is 7.79. The minimum Gasteiger partial charge on any atom is -0.468 e. The van der Waals surface area contributed by atoms with Crippen LogP contribution in [0.5, 0.6) is 0 Å². The van der Waals surface area contributed by atoms with Crippen molar-refractivity contribution in [1.82, 2.24) is 8.61 Å². The van der Waals surface area contributed by atoms with Gasteiger partial charge in [-0.1, -0.05) is 24.3 Å². The van der Waals surface area contributed by atoms with Crippen LogP contribution >= 0.6 is 0 Å². The number of rotatable bonds is 4. The molecule has 0 atom stereocenters. The van der Waals surface area contributed by atoms with Crippen molar-refractivity contribution in [2.45, 2.75) is 13.0 Å². The van der Waals surface area contributed by atoms with E-state index >= 15 is 0 Å². The van der Waals surface area contributed by atoms with Crippen molar-refractivity contribution in [2.75, 3.05) is 27.2 Å². The van der Waals surface area contributed by atoms with Crippen molar-refractivity contribution in [3.8, 4) is 0 Å². The fourth-order valence-electron chi connectivity index (χ4n) is 2.19. The number of methoxy groups -OCH3 is 1. The molecule has 1 aliphatic heterocycles. The predicted octanol–water partition coefficient (Wildman–Crippen LogP) is 0.394. The summed E-state index contributed by atoms with van der Waals surface area (Å²) in [5.74, 6) is -0.575.